The Labute approximate surface area is 175 Å². The van der Waals surface area contributed by atoms with E-state index >= 15 is 0 Å². The van der Waals surface area contributed by atoms with E-state index in [9.17, 15) is 4.79 Å². The molecule has 6 aliphatic carbocycles. The van der Waals surface area contributed by atoms with Gasteiger partial charge in [0.05, 0.1) is 12.0 Å². The fourth-order valence-electron chi connectivity index (χ4n) is 8.35. The summed E-state index contributed by atoms with van der Waals surface area (Å²) in [6, 6.07) is 0. The van der Waals surface area contributed by atoms with Gasteiger partial charge in [0.1, 0.15) is 11.5 Å². The van der Waals surface area contributed by atoms with E-state index in [0.29, 0.717) is 11.2 Å². The Morgan fingerprint density at radius 1 is 1.14 bits per heavy atom. The minimum atomic E-state index is -0.181. The van der Waals surface area contributed by atoms with Crippen molar-refractivity contribution in [2.24, 2.45) is 27.6 Å². The molecule has 2 unspecified atom stereocenters. The van der Waals surface area contributed by atoms with Gasteiger partial charge in [-0.15, -0.1) is 0 Å². The van der Waals surface area contributed by atoms with Gasteiger partial charge >= 0.3 is 0 Å². The number of allylic oxidation sites excluding steroid dienone is 7. The molecular weight excluding hydrogens is 356 g/mol. The summed E-state index contributed by atoms with van der Waals surface area (Å²) in [5.41, 5.74) is 6.80. The average Bonchev–Trinajstić information content (AvgIpc) is 3.35. The van der Waals surface area contributed by atoms with E-state index < -0.39 is 0 Å². The van der Waals surface area contributed by atoms with Crippen LogP contribution in [0.2, 0.25) is 0 Å². The molecule has 4 atom stereocenters. The van der Waals surface area contributed by atoms with Crippen molar-refractivity contribution in [3.8, 4) is 0 Å². The highest BCUT2D eigenvalue weighted by Gasteiger charge is 2.68. The number of carbonyl (C=O) groups is 1. The molecule has 0 aliphatic heterocycles. The van der Waals surface area contributed by atoms with Crippen molar-refractivity contribution in [2.45, 2.75) is 79.1 Å². The zero-order chi connectivity index (χ0) is 20.2. The van der Waals surface area contributed by atoms with Crippen molar-refractivity contribution in [2.75, 3.05) is 6.61 Å². The molecule has 0 radical (unpaired) electrons. The number of Topliss-reactive ketones (excluding diaryl/α,β-unsaturated/α-hetero) is 1. The second-order valence-electron chi connectivity index (χ2n) is 11.3. The number of rotatable bonds is 2. The van der Waals surface area contributed by atoms with Gasteiger partial charge in [-0.25, -0.2) is 0 Å². The Morgan fingerprint density at radius 3 is 2.66 bits per heavy atom. The Morgan fingerprint density at radius 2 is 1.93 bits per heavy atom. The first-order valence-corrected chi connectivity index (χ1v) is 11.8. The third kappa shape index (κ3) is 1.97. The Bertz CT molecular complexity index is 955. The van der Waals surface area contributed by atoms with Gasteiger partial charge in [0.15, 0.2) is 0 Å². The number of hydrogen-bond acceptors (Lipinski definition) is 2. The van der Waals surface area contributed by atoms with Crippen molar-refractivity contribution in [1.29, 1.82) is 0 Å². The van der Waals surface area contributed by atoms with Crippen molar-refractivity contribution < 1.29 is 9.53 Å². The highest BCUT2D eigenvalue weighted by Crippen LogP contribution is 2.75. The maximum Gasteiger partial charge on any atom is 0.146 e. The van der Waals surface area contributed by atoms with Gasteiger partial charge in [-0.2, -0.15) is 0 Å². The van der Waals surface area contributed by atoms with Crippen LogP contribution in [-0.4, -0.2) is 12.4 Å². The zero-order valence-corrected chi connectivity index (χ0v) is 18.5. The number of ketones is 1. The fourth-order valence-corrected chi connectivity index (χ4v) is 8.35. The average molecular weight is 391 g/mol. The first kappa shape index (κ1) is 18.2. The molecule has 0 heterocycles. The molecule has 0 amide bonds. The highest BCUT2D eigenvalue weighted by molar-refractivity contribution is 5.95. The van der Waals surface area contributed by atoms with Gasteiger partial charge in [-0.1, -0.05) is 32.4 Å². The van der Waals surface area contributed by atoms with Crippen molar-refractivity contribution in [1.82, 2.24) is 0 Å². The molecule has 2 nitrogen and oxygen atoms in total. The smallest absolute Gasteiger partial charge is 0.146 e. The van der Waals surface area contributed by atoms with E-state index in [1.165, 1.54) is 18.4 Å². The van der Waals surface area contributed by atoms with Crippen LogP contribution in [0.5, 0.6) is 0 Å². The molecule has 0 aromatic heterocycles. The van der Waals surface area contributed by atoms with Crippen LogP contribution in [0.1, 0.15) is 79.1 Å². The van der Waals surface area contributed by atoms with Crippen LogP contribution >= 0.6 is 0 Å². The van der Waals surface area contributed by atoms with E-state index in [1.54, 1.807) is 16.7 Å². The molecule has 0 aromatic rings. The molecule has 0 saturated heterocycles. The number of fused-ring (bicyclic) bond motifs is 4. The van der Waals surface area contributed by atoms with Gasteiger partial charge < -0.3 is 4.74 Å². The number of carbonyl (C=O) groups excluding carboxylic acids is 1. The summed E-state index contributed by atoms with van der Waals surface area (Å²) in [7, 11) is 0. The molecule has 154 valence electrons. The van der Waals surface area contributed by atoms with Crippen molar-refractivity contribution in [3.05, 3.63) is 46.3 Å². The summed E-state index contributed by atoms with van der Waals surface area (Å²) in [5.74, 6) is 1.85. The van der Waals surface area contributed by atoms with E-state index in [2.05, 4.69) is 45.9 Å². The van der Waals surface area contributed by atoms with Gasteiger partial charge in [-0.3, -0.25) is 4.79 Å². The quantitative estimate of drug-likeness (QED) is 0.541. The van der Waals surface area contributed by atoms with Gasteiger partial charge in [0.25, 0.3) is 0 Å². The topological polar surface area (TPSA) is 26.3 Å². The summed E-state index contributed by atoms with van der Waals surface area (Å²) in [6.07, 6.45) is 16.3. The molecule has 0 bridgehead atoms. The largest absolute Gasteiger partial charge is 0.494 e. The van der Waals surface area contributed by atoms with Gasteiger partial charge in [-0.05, 0) is 98.0 Å². The molecule has 2 fully saturated rings. The first-order chi connectivity index (χ1) is 13.8. The standard InChI is InChI=1S/C27H34O2/c1-5-29-18-6-10-25(4)20-8-11-27-21(7-9-24(27,3)15-17(2)23(27)28)19(20)16-26(12-13-26)22(25)14-18/h6-7,14,17H,5,8-13,15-16H2,1-4H3/t17?,24-,25?,27+/m0/s1. The maximum atomic E-state index is 13.6. The molecule has 6 aliphatic rings. The van der Waals surface area contributed by atoms with Crippen molar-refractivity contribution in [3.63, 3.8) is 0 Å². The van der Waals surface area contributed by atoms with E-state index in [4.69, 9.17) is 4.74 Å². The zero-order valence-electron chi connectivity index (χ0n) is 18.5. The van der Waals surface area contributed by atoms with Crippen LogP contribution in [0.25, 0.3) is 0 Å². The third-order valence-corrected chi connectivity index (χ3v) is 9.82. The lowest BCUT2D eigenvalue weighted by Crippen LogP contribution is -2.45. The normalized spacial score (nSPS) is 43.8. The lowest BCUT2D eigenvalue weighted by Gasteiger charge is -2.53. The Kier molecular flexibility index (Phi) is 3.37. The number of hydrogen-bond donors (Lipinski definition) is 0. The van der Waals surface area contributed by atoms with Crippen molar-refractivity contribution >= 4 is 5.78 Å². The third-order valence-electron chi connectivity index (χ3n) is 9.82. The second-order valence-corrected chi connectivity index (χ2v) is 11.3. The fraction of sp³-hybridized carbons (Fsp3) is 0.667. The maximum absolute atomic E-state index is 13.6. The molecule has 2 spiro atoms. The first-order valence-electron chi connectivity index (χ1n) is 11.8. The Balaban J connectivity index is 1.50. The molecule has 2 saturated carbocycles. The summed E-state index contributed by atoms with van der Waals surface area (Å²) < 4.78 is 5.91. The summed E-state index contributed by atoms with van der Waals surface area (Å²) >= 11 is 0. The van der Waals surface area contributed by atoms with Crippen LogP contribution in [0.3, 0.4) is 0 Å². The van der Waals surface area contributed by atoms with Crippen LogP contribution < -0.4 is 0 Å². The highest BCUT2D eigenvalue weighted by atomic mass is 16.5. The van der Waals surface area contributed by atoms with Crippen LogP contribution in [0.15, 0.2) is 46.3 Å². The lowest BCUT2D eigenvalue weighted by atomic mass is 9.50. The monoisotopic (exact) mass is 390 g/mol. The SMILES string of the molecule is CCOC1=CCC2(C)C(=C1)C1(CC1)CC1=C2CC[C@@]23C(=O)C(C)C[C@]2(C)CC=C13. The molecule has 2 heteroatoms. The predicted octanol–water partition coefficient (Wildman–Crippen LogP) is 6.45. The van der Waals surface area contributed by atoms with Crippen LogP contribution in [0, 0.1) is 27.6 Å². The second kappa shape index (κ2) is 5.37. The number of ether oxygens (including phenoxy) is 1. The minimum Gasteiger partial charge on any atom is -0.494 e. The summed E-state index contributed by atoms with van der Waals surface area (Å²) in [6.45, 7) is 9.88. The summed E-state index contributed by atoms with van der Waals surface area (Å²) in [5, 5.41) is 0. The van der Waals surface area contributed by atoms with Gasteiger partial charge in [0, 0.05) is 11.3 Å². The van der Waals surface area contributed by atoms with E-state index in [1.807, 2.05) is 0 Å². The van der Waals surface area contributed by atoms with Gasteiger partial charge in [0.2, 0.25) is 0 Å². The van der Waals surface area contributed by atoms with E-state index in [0.717, 1.165) is 50.9 Å². The van der Waals surface area contributed by atoms with Crippen LogP contribution in [-0.2, 0) is 9.53 Å². The lowest BCUT2D eigenvalue weighted by molar-refractivity contribution is -0.129. The molecular formula is C27H34O2. The minimum absolute atomic E-state index is 0.124. The molecule has 6 rings (SSSR count). The molecule has 0 N–H and O–H groups in total. The van der Waals surface area contributed by atoms with Crippen LogP contribution in [0.4, 0.5) is 0 Å². The molecule has 0 aromatic carbocycles. The molecule has 29 heavy (non-hydrogen) atoms. The predicted molar refractivity (Wildman–Crippen MR) is 115 cm³/mol. The van der Waals surface area contributed by atoms with E-state index in [-0.39, 0.29) is 22.2 Å². The Hall–Kier alpha value is -1.57. The summed E-state index contributed by atoms with van der Waals surface area (Å²) in [4.78, 5) is 13.6.